The number of aromatic nitrogens is 2. The van der Waals surface area contributed by atoms with E-state index < -0.39 is 0 Å². The maximum atomic E-state index is 11.2. The van der Waals surface area contributed by atoms with Gasteiger partial charge in [0, 0.05) is 20.0 Å². The van der Waals surface area contributed by atoms with Gasteiger partial charge in [-0.2, -0.15) is 0 Å². The van der Waals surface area contributed by atoms with Crippen LogP contribution in [0.4, 0.5) is 11.6 Å². The van der Waals surface area contributed by atoms with Crippen LogP contribution in [-0.2, 0) is 9.53 Å². The number of hydrogen-bond donors (Lipinski definition) is 2. The van der Waals surface area contributed by atoms with Crippen molar-refractivity contribution in [2.45, 2.75) is 19.8 Å². The molecule has 0 aromatic carbocycles. The van der Waals surface area contributed by atoms with Gasteiger partial charge in [-0.05, 0) is 13.3 Å². The number of rotatable bonds is 8. The first-order chi connectivity index (χ1) is 9.22. The van der Waals surface area contributed by atoms with E-state index in [1.165, 1.54) is 6.33 Å². The summed E-state index contributed by atoms with van der Waals surface area (Å²) < 4.78 is 10.1. The molecule has 7 nitrogen and oxygen atoms in total. The first-order valence-corrected chi connectivity index (χ1v) is 6.19. The molecule has 0 aliphatic rings. The molecule has 0 atom stereocenters. The second kappa shape index (κ2) is 8.12. The summed E-state index contributed by atoms with van der Waals surface area (Å²) in [4.78, 5) is 19.3. The Kier molecular flexibility index (Phi) is 6.42. The third kappa shape index (κ3) is 4.61. The van der Waals surface area contributed by atoms with Crippen molar-refractivity contribution in [1.82, 2.24) is 9.97 Å². The summed E-state index contributed by atoms with van der Waals surface area (Å²) in [6.07, 6.45) is 2.50. The molecule has 0 aliphatic heterocycles. The number of ether oxygens (including phenoxy) is 2. The molecule has 0 amide bonds. The van der Waals surface area contributed by atoms with Crippen molar-refractivity contribution < 1.29 is 14.3 Å². The second-order valence-corrected chi connectivity index (χ2v) is 3.69. The predicted molar refractivity (Wildman–Crippen MR) is 72.5 cm³/mol. The normalized spacial score (nSPS) is 9.84. The Bertz CT molecular complexity index is 412. The summed E-state index contributed by atoms with van der Waals surface area (Å²) in [5.74, 6) is 1.59. The molecule has 0 saturated heterocycles. The third-order valence-electron chi connectivity index (χ3n) is 2.40. The van der Waals surface area contributed by atoms with Gasteiger partial charge < -0.3 is 20.1 Å². The van der Waals surface area contributed by atoms with Crippen molar-refractivity contribution >= 4 is 17.6 Å². The van der Waals surface area contributed by atoms with E-state index in [9.17, 15) is 4.79 Å². The molecular weight excluding hydrogens is 248 g/mol. The van der Waals surface area contributed by atoms with E-state index in [2.05, 4.69) is 20.6 Å². The predicted octanol–water partition coefficient (Wildman–Crippen LogP) is 1.28. The molecule has 0 saturated carbocycles. The molecule has 0 aliphatic carbocycles. The number of nitrogens with zero attached hydrogens (tertiary/aromatic N) is 2. The molecule has 0 unspecified atom stereocenters. The van der Waals surface area contributed by atoms with Crippen molar-refractivity contribution in [2.24, 2.45) is 0 Å². The molecule has 1 aromatic rings. The van der Waals surface area contributed by atoms with Gasteiger partial charge >= 0.3 is 5.97 Å². The van der Waals surface area contributed by atoms with E-state index in [-0.39, 0.29) is 5.97 Å². The Morgan fingerprint density at radius 1 is 1.37 bits per heavy atom. The zero-order chi connectivity index (χ0) is 14.1. The summed E-state index contributed by atoms with van der Waals surface area (Å²) in [6, 6.07) is 0. The molecule has 1 aromatic heterocycles. The van der Waals surface area contributed by atoms with Crippen LogP contribution >= 0.6 is 0 Å². The topological polar surface area (TPSA) is 85.4 Å². The Labute approximate surface area is 112 Å². The quantitative estimate of drug-likeness (QED) is 0.542. The molecule has 7 heteroatoms. The van der Waals surface area contributed by atoms with Crippen molar-refractivity contribution in [2.75, 3.05) is 37.9 Å². The van der Waals surface area contributed by atoms with Crippen LogP contribution in [0.15, 0.2) is 6.33 Å². The average molecular weight is 268 g/mol. The van der Waals surface area contributed by atoms with Crippen molar-refractivity contribution in [3.05, 3.63) is 6.33 Å². The minimum absolute atomic E-state index is 0.185. The molecule has 19 heavy (non-hydrogen) atoms. The maximum absolute atomic E-state index is 11.2. The summed E-state index contributed by atoms with van der Waals surface area (Å²) in [6.45, 7) is 2.81. The van der Waals surface area contributed by atoms with Crippen LogP contribution < -0.4 is 15.4 Å². The summed E-state index contributed by atoms with van der Waals surface area (Å²) >= 11 is 0. The molecule has 0 spiro atoms. The van der Waals surface area contributed by atoms with E-state index in [0.29, 0.717) is 43.4 Å². The fourth-order valence-corrected chi connectivity index (χ4v) is 1.54. The molecular formula is C12H20N4O3. The van der Waals surface area contributed by atoms with Gasteiger partial charge in [-0.1, -0.05) is 0 Å². The number of nitrogens with one attached hydrogen (secondary N) is 2. The molecule has 106 valence electrons. The van der Waals surface area contributed by atoms with Crippen molar-refractivity contribution in [3.63, 3.8) is 0 Å². The number of hydrogen-bond acceptors (Lipinski definition) is 7. The van der Waals surface area contributed by atoms with Gasteiger partial charge in [0.15, 0.2) is 11.6 Å². The fourth-order valence-electron chi connectivity index (χ4n) is 1.54. The SMILES string of the molecule is CCOC(=O)CCCNc1ncnc(NC)c1OC. The van der Waals surface area contributed by atoms with Gasteiger partial charge in [0.25, 0.3) is 0 Å². The van der Waals surface area contributed by atoms with E-state index in [0.717, 1.165) is 0 Å². The number of methoxy groups -OCH3 is 1. The van der Waals surface area contributed by atoms with Crippen LogP contribution in [0.1, 0.15) is 19.8 Å². The lowest BCUT2D eigenvalue weighted by molar-refractivity contribution is -0.143. The average Bonchev–Trinajstić information content (AvgIpc) is 2.43. The Morgan fingerprint density at radius 3 is 2.74 bits per heavy atom. The summed E-state index contributed by atoms with van der Waals surface area (Å²) in [5.41, 5.74) is 0. The van der Waals surface area contributed by atoms with Crippen LogP contribution in [-0.4, -0.2) is 43.2 Å². The molecule has 2 N–H and O–H groups in total. The largest absolute Gasteiger partial charge is 0.490 e. The zero-order valence-corrected chi connectivity index (χ0v) is 11.5. The third-order valence-corrected chi connectivity index (χ3v) is 2.40. The molecule has 0 bridgehead atoms. The smallest absolute Gasteiger partial charge is 0.305 e. The maximum Gasteiger partial charge on any atom is 0.305 e. The van der Waals surface area contributed by atoms with Crippen LogP contribution in [0, 0.1) is 0 Å². The minimum atomic E-state index is -0.185. The van der Waals surface area contributed by atoms with Crippen LogP contribution in [0.25, 0.3) is 0 Å². The monoisotopic (exact) mass is 268 g/mol. The second-order valence-electron chi connectivity index (χ2n) is 3.69. The van der Waals surface area contributed by atoms with Gasteiger partial charge in [-0.15, -0.1) is 0 Å². The van der Waals surface area contributed by atoms with Crippen LogP contribution in [0.2, 0.25) is 0 Å². The van der Waals surface area contributed by atoms with Gasteiger partial charge in [-0.3, -0.25) is 4.79 Å². The lowest BCUT2D eigenvalue weighted by Crippen LogP contribution is -2.10. The van der Waals surface area contributed by atoms with Gasteiger partial charge in [0.05, 0.1) is 13.7 Å². The standard InChI is InChI=1S/C12H20N4O3/c1-4-19-9(17)6-5-7-14-12-10(18-3)11(13-2)15-8-16-12/h8H,4-7H2,1-3H3,(H2,13,14,15,16). The highest BCUT2D eigenvalue weighted by atomic mass is 16.5. The first kappa shape index (κ1) is 15.0. The summed E-state index contributed by atoms with van der Waals surface area (Å²) in [5, 5.41) is 6.03. The van der Waals surface area contributed by atoms with E-state index >= 15 is 0 Å². The van der Waals surface area contributed by atoms with E-state index in [1.54, 1.807) is 21.1 Å². The highest BCUT2D eigenvalue weighted by molar-refractivity contribution is 5.69. The van der Waals surface area contributed by atoms with E-state index in [1.807, 2.05) is 0 Å². The van der Waals surface area contributed by atoms with Gasteiger partial charge in [0.2, 0.25) is 5.75 Å². The van der Waals surface area contributed by atoms with Crippen LogP contribution in [0.5, 0.6) is 5.75 Å². The minimum Gasteiger partial charge on any atom is -0.490 e. The number of anilines is 2. The molecule has 1 rings (SSSR count). The Balaban J connectivity index is 2.47. The van der Waals surface area contributed by atoms with Crippen LogP contribution in [0.3, 0.4) is 0 Å². The van der Waals surface area contributed by atoms with E-state index in [4.69, 9.17) is 9.47 Å². The summed E-state index contributed by atoms with van der Waals surface area (Å²) in [7, 11) is 3.32. The van der Waals surface area contributed by atoms with Crippen molar-refractivity contribution in [1.29, 1.82) is 0 Å². The first-order valence-electron chi connectivity index (χ1n) is 6.19. The zero-order valence-electron chi connectivity index (χ0n) is 11.5. The van der Waals surface area contributed by atoms with Gasteiger partial charge in [-0.25, -0.2) is 9.97 Å². The molecule has 1 heterocycles. The lowest BCUT2D eigenvalue weighted by Gasteiger charge is -2.12. The Morgan fingerprint density at radius 2 is 2.11 bits per heavy atom. The molecule has 0 radical (unpaired) electrons. The number of esters is 1. The fraction of sp³-hybridized carbons (Fsp3) is 0.583. The van der Waals surface area contributed by atoms with Gasteiger partial charge in [0.1, 0.15) is 6.33 Å². The van der Waals surface area contributed by atoms with Crippen molar-refractivity contribution in [3.8, 4) is 5.75 Å². The Hall–Kier alpha value is -2.05. The lowest BCUT2D eigenvalue weighted by atomic mass is 10.3. The molecule has 0 fully saturated rings. The number of carbonyl (C=O) groups is 1. The highest BCUT2D eigenvalue weighted by Crippen LogP contribution is 2.28. The number of carbonyl (C=O) groups excluding carboxylic acids is 1. The highest BCUT2D eigenvalue weighted by Gasteiger charge is 2.10.